The van der Waals surface area contributed by atoms with Gasteiger partial charge in [0.1, 0.15) is 11.5 Å². The molecule has 0 bridgehead atoms. The Kier molecular flexibility index (Phi) is 5.86. The molecule has 3 rings (SSSR count). The number of hydrogen-bond acceptors (Lipinski definition) is 3. The lowest BCUT2D eigenvalue weighted by molar-refractivity contribution is 0.405. The van der Waals surface area contributed by atoms with Crippen LogP contribution in [0.5, 0.6) is 11.5 Å². The molecule has 3 aromatic rings. The Morgan fingerprint density at radius 3 is 2.63 bits per heavy atom. The Morgan fingerprint density at radius 2 is 1.89 bits per heavy atom. The third-order valence-corrected chi connectivity index (χ3v) is 4.84. The second-order valence-electron chi connectivity index (χ2n) is 6.47. The van der Waals surface area contributed by atoms with Crippen molar-refractivity contribution in [1.82, 2.24) is 10.3 Å². The highest BCUT2D eigenvalue weighted by Gasteiger charge is 2.10. The lowest BCUT2D eigenvalue weighted by Crippen LogP contribution is -2.30. The van der Waals surface area contributed by atoms with Crippen molar-refractivity contribution in [1.29, 1.82) is 0 Å². The molecule has 3 N–H and O–H groups in total. The van der Waals surface area contributed by atoms with Crippen molar-refractivity contribution in [2.24, 2.45) is 0 Å². The molecule has 0 aliphatic heterocycles. The fraction of sp³-hybridized carbons (Fsp3) is 0.286. The molecular weight excluding hydrogens is 358 g/mol. The lowest BCUT2D eigenvalue weighted by Gasteiger charge is -2.14. The van der Waals surface area contributed by atoms with Crippen LogP contribution in [0.4, 0.5) is 5.69 Å². The summed E-state index contributed by atoms with van der Waals surface area (Å²) in [6.07, 6.45) is 0.881. The standard InChI is InChI=1S/C21H25N3O2S/c1-13-5-7-18-17(11-13)16(14(2)23-18)9-10-22-21(27)24-19-12-15(25-3)6-8-20(19)26-4/h5-8,11-12,23H,9-10H2,1-4H3,(H2,22,24,27). The van der Waals surface area contributed by atoms with Crippen molar-refractivity contribution >= 4 is 33.9 Å². The maximum Gasteiger partial charge on any atom is 0.170 e. The van der Waals surface area contributed by atoms with Gasteiger partial charge in [-0.2, -0.15) is 0 Å². The lowest BCUT2D eigenvalue weighted by atomic mass is 10.1. The minimum atomic E-state index is 0.551. The van der Waals surface area contributed by atoms with E-state index in [1.165, 1.54) is 27.7 Å². The Hall–Kier alpha value is -2.73. The predicted molar refractivity (Wildman–Crippen MR) is 115 cm³/mol. The first-order chi connectivity index (χ1) is 13.0. The number of benzene rings is 2. The van der Waals surface area contributed by atoms with Crippen molar-refractivity contribution in [3.8, 4) is 11.5 Å². The number of ether oxygens (including phenoxy) is 2. The highest BCUT2D eigenvalue weighted by Crippen LogP contribution is 2.29. The summed E-state index contributed by atoms with van der Waals surface area (Å²) >= 11 is 5.44. The second kappa shape index (κ2) is 8.31. The van der Waals surface area contributed by atoms with Crippen LogP contribution in [0.25, 0.3) is 10.9 Å². The summed E-state index contributed by atoms with van der Waals surface area (Å²) in [7, 11) is 3.26. The van der Waals surface area contributed by atoms with Crippen molar-refractivity contribution in [3.63, 3.8) is 0 Å². The zero-order chi connectivity index (χ0) is 19.4. The number of thiocarbonyl (C=S) groups is 1. The minimum Gasteiger partial charge on any atom is -0.497 e. The molecule has 0 aliphatic carbocycles. The fourth-order valence-electron chi connectivity index (χ4n) is 3.20. The molecule has 142 valence electrons. The van der Waals surface area contributed by atoms with Gasteiger partial charge < -0.3 is 25.1 Å². The van der Waals surface area contributed by atoms with E-state index in [0.29, 0.717) is 10.9 Å². The number of anilines is 1. The normalized spacial score (nSPS) is 10.7. The number of methoxy groups -OCH3 is 2. The number of hydrogen-bond donors (Lipinski definition) is 3. The SMILES string of the molecule is COc1ccc(OC)c(NC(=S)NCCc2c(C)[nH]c3ccc(C)cc23)c1. The molecule has 0 saturated heterocycles. The second-order valence-corrected chi connectivity index (χ2v) is 6.88. The fourth-order valence-corrected chi connectivity index (χ4v) is 3.41. The molecule has 0 radical (unpaired) electrons. The Labute approximate surface area is 165 Å². The van der Waals surface area contributed by atoms with Crippen molar-refractivity contribution in [2.45, 2.75) is 20.3 Å². The predicted octanol–water partition coefficient (Wildman–Crippen LogP) is 4.33. The van der Waals surface area contributed by atoms with E-state index in [4.69, 9.17) is 21.7 Å². The van der Waals surface area contributed by atoms with E-state index in [-0.39, 0.29) is 0 Å². The smallest absolute Gasteiger partial charge is 0.170 e. The molecule has 1 heterocycles. The number of H-pyrrole nitrogens is 1. The summed E-state index contributed by atoms with van der Waals surface area (Å²) in [4.78, 5) is 3.45. The van der Waals surface area contributed by atoms with Gasteiger partial charge in [0.05, 0.1) is 19.9 Å². The van der Waals surface area contributed by atoms with Crippen LogP contribution < -0.4 is 20.1 Å². The van der Waals surface area contributed by atoms with E-state index in [1.54, 1.807) is 14.2 Å². The van der Waals surface area contributed by atoms with Gasteiger partial charge in [-0.1, -0.05) is 11.6 Å². The van der Waals surface area contributed by atoms with Crippen LogP contribution in [0.1, 0.15) is 16.8 Å². The van der Waals surface area contributed by atoms with Gasteiger partial charge in [0.2, 0.25) is 0 Å². The average molecular weight is 384 g/mol. The van der Waals surface area contributed by atoms with Crippen LogP contribution in [0.2, 0.25) is 0 Å². The van der Waals surface area contributed by atoms with Crippen LogP contribution >= 0.6 is 12.2 Å². The van der Waals surface area contributed by atoms with E-state index in [2.05, 4.69) is 47.7 Å². The monoisotopic (exact) mass is 383 g/mol. The highest BCUT2D eigenvalue weighted by molar-refractivity contribution is 7.80. The van der Waals surface area contributed by atoms with Crippen LogP contribution in [-0.4, -0.2) is 30.9 Å². The molecule has 2 aromatic carbocycles. The zero-order valence-corrected chi connectivity index (χ0v) is 16.9. The van der Waals surface area contributed by atoms with E-state index in [1.807, 2.05) is 18.2 Å². The van der Waals surface area contributed by atoms with Gasteiger partial charge >= 0.3 is 0 Å². The molecular formula is C21H25N3O2S. The largest absolute Gasteiger partial charge is 0.497 e. The first kappa shape index (κ1) is 19.0. The molecule has 0 atom stereocenters. The first-order valence-corrected chi connectivity index (χ1v) is 9.27. The molecule has 0 aliphatic rings. The Morgan fingerprint density at radius 1 is 1.07 bits per heavy atom. The van der Waals surface area contributed by atoms with Crippen molar-refractivity contribution in [2.75, 3.05) is 26.1 Å². The Balaban J connectivity index is 1.64. The van der Waals surface area contributed by atoms with E-state index in [0.717, 1.165) is 24.4 Å². The van der Waals surface area contributed by atoms with Gasteiger partial charge in [0.25, 0.3) is 0 Å². The molecule has 0 spiro atoms. The van der Waals surface area contributed by atoms with Gasteiger partial charge in [-0.05, 0) is 62.3 Å². The van der Waals surface area contributed by atoms with Gasteiger partial charge in [-0.15, -0.1) is 0 Å². The van der Waals surface area contributed by atoms with Crippen molar-refractivity contribution < 1.29 is 9.47 Å². The maximum atomic E-state index is 5.44. The summed E-state index contributed by atoms with van der Waals surface area (Å²) in [6, 6.07) is 12.0. The summed E-state index contributed by atoms with van der Waals surface area (Å²) < 4.78 is 10.6. The number of fused-ring (bicyclic) bond motifs is 1. The topological polar surface area (TPSA) is 58.3 Å². The molecule has 1 aromatic heterocycles. The van der Waals surface area contributed by atoms with Gasteiger partial charge in [-0.25, -0.2) is 0 Å². The molecule has 0 unspecified atom stereocenters. The van der Waals surface area contributed by atoms with Crippen LogP contribution in [0, 0.1) is 13.8 Å². The average Bonchev–Trinajstić information content (AvgIpc) is 2.96. The van der Waals surface area contributed by atoms with E-state index in [9.17, 15) is 0 Å². The first-order valence-electron chi connectivity index (χ1n) is 8.86. The molecule has 27 heavy (non-hydrogen) atoms. The van der Waals surface area contributed by atoms with Crippen LogP contribution in [-0.2, 0) is 6.42 Å². The summed E-state index contributed by atoms with van der Waals surface area (Å²) in [6.45, 7) is 4.96. The van der Waals surface area contributed by atoms with Gasteiger partial charge in [0, 0.05) is 29.2 Å². The molecule has 0 amide bonds. The van der Waals surface area contributed by atoms with Crippen LogP contribution in [0.15, 0.2) is 36.4 Å². The Bertz CT molecular complexity index is 965. The number of nitrogens with one attached hydrogen (secondary N) is 3. The molecule has 5 nitrogen and oxygen atoms in total. The number of rotatable bonds is 6. The third kappa shape index (κ3) is 4.34. The van der Waals surface area contributed by atoms with Gasteiger partial charge in [0.15, 0.2) is 5.11 Å². The van der Waals surface area contributed by atoms with Crippen LogP contribution in [0.3, 0.4) is 0 Å². The molecule has 0 fully saturated rings. The maximum absolute atomic E-state index is 5.44. The van der Waals surface area contributed by atoms with Crippen molar-refractivity contribution in [3.05, 3.63) is 53.2 Å². The summed E-state index contributed by atoms with van der Waals surface area (Å²) in [5.74, 6) is 1.45. The third-order valence-electron chi connectivity index (χ3n) is 4.59. The minimum absolute atomic E-state index is 0.551. The molecule has 0 saturated carbocycles. The number of aromatic nitrogens is 1. The summed E-state index contributed by atoms with van der Waals surface area (Å²) in [5.41, 5.74) is 5.73. The zero-order valence-electron chi connectivity index (χ0n) is 16.1. The van der Waals surface area contributed by atoms with E-state index < -0.39 is 0 Å². The number of aryl methyl sites for hydroxylation is 2. The molecule has 6 heteroatoms. The van der Waals surface area contributed by atoms with Gasteiger partial charge in [-0.3, -0.25) is 0 Å². The number of aromatic amines is 1. The summed E-state index contributed by atoms with van der Waals surface area (Å²) in [5, 5.41) is 8.29. The quantitative estimate of drug-likeness (QED) is 0.553. The van der Waals surface area contributed by atoms with E-state index >= 15 is 0 Å². The highest BCUT2D eigenvalue weighted by atomic mass is 32.1.